The molecule has 0 unspecified atom stereocenters. The van der Waals surface area contributed by atoms with E-state index in [-0.39, 0.29) is 0 Å². The van der Waals surface area contributed by atoms with E-state index in [2.05, 4.69) is 32.3 Å². The van der Waals surface area contributed by atoms with E-state index in [0.29, 0.717) is 17.4 Å². The van der Waals surface area contributed by atoms with Gasteiger partial charge < -0.3 is 9.30 Å². The van der Waals surface area contributed by atoms with Crippen LogP contribution in [0.4, 0.5) is 0 Å². The van der Waals surface area contributed by atoms with Gasteiger partial charge in [0.2, 0.25) is 0 Å². The Labute approximate surface area is 179 Å². The van der Waals surface area contributed by atoms with E-state index in [1.54, 1.807) is 36.3 Å². The fourth-order valence-corrected chi connectivity index (χ4v) is 5.63. The highest BCUT2D eigenvalue weighted by molar-refractivity contribution is 7.98. The lowest BCUT2D eigenvalue weighted by atomic mass is 9.95. The lowest BCUT2D eigenvalue weighted by molar-refractivity contribution is 0.112. The van der Waals surface area contributed by atoms with Crippen LogP contribution in [0, 0.1) is 0 Å². The fraction of sp³-hybridized carbons (Fsp3) is 0.409. The van der Waals surface area contributed by atoms with Gasteiger partial charge in [0, 0.05) is 34.2 Å². The minimum Gasteiger partial charge on any atom is -0.496 e. The van der Waals surface area contributed by atoms with Crippen LogP contribution in [0.15, 0.2) is 40.9 Å². The molecule has 1 aromatic carbocycles. The number of ether oxygens (including phenoxy) is 1. The normalized spacial score (nSPS) is 14.8. The minimum atomic E-state index is 0.472. The van der Waals surface area contributed by atoms with Gasteiger partial charge in [0.05, 0.1) is 7.11 Å². The molecule has 0 aliphatic heterocycles. The van der Waals surface area contributed by atoms with Gasteiger partial charge in [0.25, 0.3) is 0 Å². The summed E-state index contributed by atoms with van der Waals surface area (Å²) in [7, 11) is 1.66. The van der Waals surface area contributed by atoms with Gasteiger partial charge in [-0.25, -0.2) is 0 Å². The zero-order valence-corrected chi connectivity index (χ0v) is 18.2. The summed E-state index contributed by atoms with van der Waals surface area (Å²) >= 11 is 3.44. The first-order chi connectivity index (χ1) is 14.3. The van der Waals surface area contributed by atoms with E-state index in [1.807, 2.05) is 12.1 Å². The molecule has 152 valence electrons. The predicted octanol–water partition coefficient (Wildman–Crippen LogP) is 5.55. The smallest absolute Gasteiger partial charge is 0.191 e. The lowest BCUT2D eigenvalue weighted by Gasteiger charge is -2.25. The van der Waals surface area contributed by atoms with Crippen LogP contribution in [0.2, 0.25) is 0 Å². The molecule has 2 heterocycles. The molecule has 1 aliphatic carbocycles. The van der Waals surface area contributed by atoms with Crippen molar-refractivity contribution in [3.8, 4) is 5.75 Å². The molecule has 0 bridgehead atoms. The quantitative estimate of drug-likeness (QED) is 0.348. The highest BCUT2D eigenvalue weighted by Gasteiger charge is 2.23. The van der Waals surface area contributed by atoms with Gasteiger partial charge in [-0.05, 0) is 42.5 Å². The zero-order valence-electron chi connectivity index (χ0n) is 16.5. The molecule has 0 saturated heterocycles. The van der Waals surface area contributed by atoms with E-state index >= 15 is 0 Å². The summed E-state index contributed by atoms with van der Waals surface area (Å²) in [5, 5.41) is 12.2. The number of rotatable bonds is 8. The van der Waals surface area contributed by atoms with Crippen LogP contribution in [0.3, 0.4) is 0 Å². The number of carbonyl (C=O) groups is 1. The molecule has 1 aliphatic rings. The molecule has 4 rings (SSSR count). The molecular formula is C22H25N3O2S2. The van der Waals surface area contributed by atoms with Crippen molar-refractivity contribution in [1.29, 1.82) is 0 Å². The molecule has 3 aromatic rings. The number of nitrogens with zero attached hydrogens (tertiary/aromatic N) is 3. The standard InChI is InChI=1S/C22H25N3O2S2/c1-27-20-10-9-16(14-26)12-17(20)15-29-22-24-23-21(13-19-8-5-11-28-19)25(22)18-6-3-2-4-7-18/h5,8-12,14,18H,2-4,6-7,13,15H2,1H3. The third-order valence-corrected chi connectivity index (χ3v) is 7.25. The number of aldehydes is 1. The van der Waals surface area contributed by atoms with Crippen LogP contribution < -0.4 is 4.74 Å². The van der Waals surface area contributed by atoms with Gasteiger partial charge in [-0.2, -0.15) is 0 Å². The Kier molecular flexibility index (Phi) is 6.67. The van der Waals surface area contributed by atoms with Crippen molar-refractivity contribution in [2.24, 2.45) is 0 Å². The summed E-state index contributed by atoms with van der Waals surface area (Å²) in [6, 6.07) is 10.2. The van der Waals surface area contributed by atoms with E-state index in [4.69, 9.17) is 4.74 Å². The first-order valence-electron chi connectivity index (χ1n) is 9.99. The van der Waals surface area contributed by atoms with Crippen molar-refractivity contribution in [3.63, 3.8) is 0 Å². The number of hydrogen-bond acceptors (Lipinski definition) is 6. The molecular weight excluding hydrogens is 402 g/mol. The second-order valence-corrected chi connectivity index (χ2v) is 9.27. The molecule has 0 N–H and O–H groups in total. The molecule has 1 saturated carbocycles. The number of carbonyl (C=O) groups excluding carboxylic acids is 1. The number of hydrogen-bond donors (Lipinski definition) is 0. The van der Waals surface area contributed by atoms with Crippen LogP contribution in [0.25, 0.3) is 0 Å². The largest absolute Gasteiger partial charge is 0.496 e. The Balaban J connectivity index is 1.59. The molecule has 0 radical (unpaired) electrons. The Bertz CT molecular complexity index is 947. The van der Waals surface area contributed by atoms with E-state index < -0.39 is 0 Å². The highest BCUT2D eigenvalue weighted by atomic mass is 32.2. The average molecular weight is 428 g/mol. The maximum atomic E-state index is 11.2. The topological polar surface area (TPSA) is 57.0 Å². The van der Waals surface area contributed by atoms with Crippen molar-refractivity contribution in [2.45, 2.75) is 55.5 Å². The summed E-state index contributed by atoms with van der Waals surface area (Å²) in [6.07, 6.45) is 7.92. The van der Waals surface area contributed by atoms with Crippen LogP contribution in [0.1, 0.15) is 64.8 Å². The molecule has 5 nitrogen and oxygen atoms in total. The highest BCUT2D eigenvalue weighted by Crippen LogP contribution is 2.35. The maximum absolute atomic E-state index is 11.2. The monoisotopic (exact) mass is 427 g/mol. The maximum Gasteiger partial charge on any atom is 0.191 e. The molecule has 0 atom stereocenters. The summed E-state index contributed by atoms with van der Waals surface area (Å²) in [5.41, 5.74) is 1.66. The summed E-state index contributed by atoms with van der Waals surface area (Å²) < 4.78 is 7.86. The number of benzene rings is 1. The Hall–Kier alpha value is -2.12. The van der Waals surface area contributed by atoms with Gasteiger partial charge in [0.1, 0.15) is 17.9 Å². The third-order valence-electron chi connectivity index (χ3n) is 5.38. The molecule has 29 heavy (non-hydrogen) atoms. The van der Waals surface area contributed by atoms with Crippen molar-refractivity contribution >= 4 is 29.4 Å². The molecule has 1 fully saturated rings. The van der Waals surface area contributed by atoms with Gasteiger partial charge in [-0.15, -0.1) is 21.5 Å². The Morgan fingerprint density at radius 3 is 2.83 bits per heavy atom. The molecule has 2 aromatic heterocycles. The van der Waals surface area contributed by atoms with E-state index in [1.165, 1.54) is 37.0 Å². The molecule has 7 heteroatoms. The lowest BCUT2D eigenvalue weighted by Crippen LogP contribution is -2.16. The van der Waals surface area contributed by atoms with Gasteiger partial charge in [-0.3, -0.25) is 4.79 Å². The van der Waals surface area contributed by atoms with Gasteiger partial charge >= 0.3 is 0 Å². The van der Waals surface area contributed by atoms with E-state index in [0.717, 1.165) is 35.0 Å². The Morgan fingerprint density at radius 1 is 1.24 bits per heavy atom. The average Bonchev–Trinajstić information content (AvgIpc) is 3.43. The van der Waals surface area contributed by atoms with Crippen molar-refractivity contribution in [3.05, 3.63) is 57.5 Å². The first kappa shape index (κ1) is 20.2. The van der Waals surface area contributed by atoms with Crippen LogP contribution in [0.5, 0.6) is 5.75 Å². The predicted molar refractivity (Wildman–Crippen MR) is 117 cm³/mol. The van der Waals surface area contributed by atoms with Crippen LogP contribution in [-0.2, 0) is 12.2 Å². The van der Waals surface area contributed by atoms with Gasteiger partial charge in [0.15, 0.2) is 5.16 Å². The SMILES string of the molecule is COc1ccc(C=O)cc1CSc1nnc(Cc2cccs2)n1C1CCCCC1. The van der Waals surface area contributed by atoms with E-state index in [9.17, 15) is 4.79 Å². The summed E-state index contributed by atoms with van der Waals surface area (Å²) in [5.74, 6) is 2.54. The molecule has 0 amide bonds. The molecule has 0 spiro atoms. The Morgan fingerprint density at radius 2 is 2.10 bits per heavy atom. The number of aromatic nitrogens is 3. The third kappa shape index (κ3) is 4.73. The number of thioether (sulfide) groups is 1. The number of methoxy groups -OCH3 is 1. The van der Waals surface area contributed by atoms with Crippen molar-refractivity contribution < 1.29 is 9.53 Å². The summed E-state index contributed by atoms with van der Waals surface area (Å²) in [6.45, 7) is 0. The zero-order chi connectivity index (χ0) is 20.1. The summed E-state index contributed by atoms with van der Waals surface area (Å²) in [4.78, 5) is 12.5. The number of thiophene rings is 1. The fourth-order valence-electron chi connectivity index (χ4n) is 3.93. The van der Waals surface area contributed by atoms with Crippen LogP contribution >= 0.6 is 23.1 Å². The first-order valence-corrected chi connectivity index (χ1v) is 11.9. The minimum absolute atomic E-state index is 0.472. The second-order valence-electron chi connectivity index (χ2n) is 7.29. The van der Waals surface area contributed by atoms with Gasteiger partial charge in [-0.1, -0.05) is 37.1 Å². The van der Waals surface area contributed by atoms with Crippen molar-refractivity contribution in [2.75, 3.05) is 7.11 Å². The second kappa shape index (κ2) is 9.59. The van der Waals surface area contributed by atoms with Crippen molar-refractivity contribution in [1.82, 2.24) is 14.8 Å². The van der Waals surface area contributed by atoms with Crippen LogP contribution in [-0.4, -0.2) is 28.2 Å².